The molecule has 0 spiro atoms. The van der Waals surface area contributed by atoms with Crippen LogP contribution in [0.2, 0.25) is 0 Å². The van der Waals surface area contributed by atoms with Gasteiger partial charge in [0.1, 0.15) is 0 Å². The molecule has 3 nitrogen and oxygen atoms in total. The molecule has 21 heavy (non-hydrogen) atoms. The molecule has 0 aliphatic rings. The van der Waals surface area contributed by atoms with Crippen molar-refractivity contribution in [2.45, 2.75) is 33.4 Å². The Morgan fingerprint density at radius 3 is 2.38 bits per heavy atom. The fourth-order valence-corrected chi connectivity index (χ4v) is 2.28. The SMILES string of the molecule is Cc1ccc([C@H](C)NCc2ccc(C(N)=O)cc2C)cc1. The quantitative estimate of drug-likeness (QED) is 0.884. The molecule has 3 heteroatoms. The molecule has 1 atom stereocenters. The summed E-state index contributed by atoms with van der Waals surface area (Å²) in [6, 6.07) is 14.4. The van der Waals surface area contributed by atoms with E-state index in [9.17, 15) is 4.79 Å². The van der Waals surface area contributed by atoms with Crippen LogP contribution in [0.25, 0.3) is 0 Å². The highest BCUT2D eigenvalue weighted by Gasteiger charge is 2.07. The molecule has 1 amide bonds. The molecule has 2 aromatic rings. The normalized spacial score (nSPS) is 12.1. The predicted octanol–water partition coefficient (Wildman–Crippen LogP) is 3.25. The van der Waals surface area contributed by atoms with Gasteiger partial charge in [0.15, 0.2) is 0 Å². The van der Waals surface area contributed by atoms with Gasteiger partial charge in [-0.2, -0.15) is 0 Å². The van der Waals surface area contributed by atoms with Crippen LogP contribution in [0.1, 0.15) is 45.6 Å². The third-order valence-corrected chi connectivity index (χ3v) is 3.80. The number of primary amides is 1. The van der Waals surface area contributed by atoms with Gasteiger partial charge in [0.25, 0.3) is 0 Å². The monoisotopic (exact) mass is 282 g/mol. The second kappa shape index (κ2) is 6.55. The smallest absolute Gasteiger partial charge is 0.248 e. The van der Waals surface area contributed by atoms with Crippen molar-refractivity contribution in [2.24, 2.45) is 5.73 Å². The zero-order chi connectivity index (χ0) is 15.4. The first kappa shape index (κ1) is 15.3. The van der Waals surface area contributed by atoms with Gasteiger partial charge in [-0.3, -0.25) is 4.79 Å². The summed E-state index contributed by atoms with van der Waals surface area (Å²) in [4.78, 5) is 11.1. The minimum absolute atomic E-state index is 0.279. The van der Waals surface area contributed by atoms with E-state index in [-0.39, 0.29) is 11.9 Å². The van der Waals surface area contributed by atoms with E-state index in [4.69, 9.17) is 5.73 Å². The molecule has 0 saturated carbocycles. The van der Waals surface area contributed by atoms with Crippen molar-refractivity contribution >= 4 is 5.91 Å². The van der Waals surface area contributed by atoms with Crippen LogP contribution in [-0.2, 0) is 6.54 Å². The van der Waals surface area contributed by atoms with Crippen molar-refractivity contribution in [3.8, 4) is 0 Å². The highest BCUT2D eigenvalue weighted by molar-refractivity contribution is 5.93. The van der Waals surface area contributed by atoms with E-state index >= 15 is 0 Å². The fourth-order valence-electron chi connectivity index (χ4n) is 2.28. The maximum absolute atomic E-state index is 11.1. The average Bonchev–Trinajstić information content (AvgIpc) is 2.46. The molecule has 0 aromatic heterocycles. The van der Waals surface area contributed by atoms with E-state index in [0.717, 1.165) is 12.1 Å². The van der Waals surface area contributed by atoms with E-state index in [0.29, 0.717) is 5.56 Å². The Kier molecular flexibility index (Phi) is 4.76. The summed E-state index contributed by atoms with van der Waals surface area (Å²) >= 11 is 0. The Labute approximate surface area is 126 Å². The molecule has 0 bridgehead atoms. The lowest BCUT2D eigenvalue weighted by molar-refractivity contribution is 0.1000. The molecule has 2 aromatic carbocycles. The lowest BCUT2D eigenvalue weighted by Gasteiger charge is -2.16. The van der Waals surface area contributed by atoms with Gasteiger partial charge in [-0.15, -0.1) is 0 Å². The van der Waals surface area contributed by atoms with Gasteiger partial charge < -0.3 is 11.1 Å². The van der Waals surface area contributed by atoms with E-state index in [1.807, 2.05) is 19.1 Å². The Hall–Kier alpha value is -2.13. The van der Waals surface area contributed by atoms with Gasteiger partial charge in [-0.1, -0.05) is 35.9 Å². The first-order valence-corrected chi connectivity index (χ1v) is 7.16. The lowest BCUT2D eigenvalue weighted by Crippen LogP contribution is -2.19. The maximum Gasteiger partial charge on any atom is 0.248 e. The van der Waals surface area contributed by atoms with E-state index in [1.165, 1.54) is 16.7 Å². The molecule has 0 aliphatic heterocycles. The van der Waals surface area contributed by atoms with Gasteiger partial charge in [0, 0.05) is 18.2 Å². The second-order valence-electron chi connectivity index (χ2n) is 5.52. The number of nitrogens with one attached hydrogen (secondary N) is 1. The molecule has 3 N–H and O–H groups in total. The van der Waals surface area contributed by atoms with Crippen LogP contribution in [-0.4, -0.2) is 5.91 Å². The number of rotatable bonds is 5. The van der Waals surface area contributed by atoms with Crippen LogP contribution in [0.4, 0.5) is 0 Å². The third-order valence-electron chi connectivity index (χ3n) is 3.80. The molecule has 0 saturated heterocycles. The number of hydrogen-bond donors (Lipinski definition) is 2. The average molecular weight is 282 g/mol. The number of benzene rings is 2. The van der Waals surface area contributed by atoms with Gasteiger partial charge in [0.2, 0.25) is 5.91 Å². The number of amides is 1. The van der Waals surface area contributed by atoms with Crippen LogP contribution >= 0.6 is 0 Å². The van der Waals surface area contributed by atoms with Gasteiger partial charge >= 0.3 is 0 Å². The molecular weight excluding hydrogens is 260 g/mol. The van der Waals surface area contributed by atoms with Crippen molar-refractivity contribution < 1.29 is 4.79 Å². The summed E-state index contributed by atoms with van der Waals surface area (Å²) in [5, 5.41) is 3.51. The Morgan fingerprint density at radius 1 is 1.14 bits per heavy atom. The standard InChI is InChI=1S/C18H22N2O/c1-12-4-6-15(7-5-12)14(3)20-11-17-9-8-16(18(19)21)10-13(17)2/h4-10,14,20H,11H2,1-3H3,(H2,19,21)/t14-/m0/s1. The zero-order valence-corrected chi connectivity index (χ0v) is 12.8. The van der Waals surface area contributed by atoms with Crippen molar-refractivity contribution in [2.75, 3.05) is 0 Å². The summed E-state index contributed by atoms with van der Waals surface area (Å²) in [6.45, 7) is 7.00. The molecular formula is C18H22N2O. The summed E-state index contributed by atoms with van der Waals surface area (Å²) in [6.07, 6.45) is 0. The second-order valence-corrected chi connectivity index (χ2v) is 5.52. The first-order valence-electron chi connectivity index (χ1n) is 7.16. The number of nitrogens with two attached hydrogens (primary N) is 1. The summed E-state index contributed by atoms with van der Waals surface area (Å²) in [5.41, 5.74) is 10.6. The highest BCUT2D eigenvalue weighted by Crippen LogP contribution is 2.16. The molecule has 0 unspecified atom stereocenters. The minimum atomic E-state index is -0.384. The molecule has 110 valence electrons. The maximum atomic E-state index is 11.1. The Morgan fingerprint density at radius 2 is 1.81 bits per heavy atom. The molecule has 2 rings (SSSR count). The lowest BCUT2D eigenvalue weighted by atomic mass is 10.0. The van der Waals surface area contributed by atoms with Crippen molar-refractivity contribution in [1.29, 1.82) is 0 Å². The van der Waals surface area contributed by atoms with Gasteiger partial charge in [0.05, 0.1) is 0 Å². The molecule has 0 aliphatic carbocycles. The molecule has 0 radical (unpaired) electrons. The summed E-state index contributed by atoms with van der Waals surface area (Å²) < 4.78 is 0. The highest BCUT2D eigenvalue weighted by atomic mass is 16.1. The van der Waals surface area contributed by atoms with Crippen LogP contribution in [0.5, 0.6) is 0 Å². The third kappa shape index (κ3) is 3.92. The van der Waals surface area contributed by atoms with Gasteiger partial charge in [-0.05, 0) is 49.6 Å². The number of aryl methyl sites for hydroxylation is 2. The zero-order valence-electron chi connectivity index (χ0n) is 12.8. The van der Waals surface area contributed by atoms with Crippen LogP contribution in [0, 0.1) is 13.8 Å². The number of carbonyl (C=O) groups is 1. The fraction of sp³-hybridized carbons (Fsp3) is 0.278. The van der Waals surface area contributed by atoms with E-state index in [2.05, 4.69) is 43.4 Å². The van der Waals surface area contributed by atoms with Crippen molar-refractivity contribution in [3.63, 3.8) is 0 Å². The number of hydrogen-bond acceptors (Lipinski definition) is 2. The Balaban J connectivity index is 2.02. The first-order chi connectivity index (χ1) is 9.97. The predicted molar refractivity (Wildman–Crippen MR) is 86.1 cm³/mol. The molecule has 0 fully saturated rings. The minimum Gasteiger partial charge on any atom is -0.366 e. The van der Waals surface area contributed by atoms with Crippen LogP contribution < -0.4 is 11.1 Å². The van der Waals surface area contributed by atoms with Crippen LogP contribution in [0.15, 0.2) is 42.5 Å². The van der Waals surface area contributed by atoms with E-state index < -0.39 is 0 Å². The van der Waals surface area contributed by atoms with Crippen molar-refractivity contribution in [3.05, 3.63) is 70.3 Å². The molecule has 0 heterocycles. The summed E-state index contributed by atoms with van der Waals surface area (Å²) in [7, 11) is 0. The largest absolute Gasteiger partial charge is 0.366 e. The van der Waals surface area contributed by atoms with Crippen molar-refractivity contribution in [1.82, 2.24) is 5.32 Å². The Bertz CT molecular complexity index is 632. The topological polar surface area (TPSA) is 55.1 Å². The number of carbonyl (C=O) groups excluding carboxylic acids is 1. The van der Waals surface area contributed by atoms with E-state index in [1.54, 1.807) is 6.07 Å². The van der Waals surface area contributed by atoms with Crippen LogP contribution in [0.3, 0.4) is 0 Å². The summed E-state index contributed by atoms with van der Waals surface area (Å²) in [5.74, 6) is -0.384. The van der Waals surface area contributed by atoms with Gasteiger partial charge in [-0.25, -0.2) is 0 Å².